The number of amides is 1. The number of carbonyl (C=O) groups excluding carboxylic acids is 1. The molecule has 0 atom stereocenters. The summed E-state index contributed by atoms with van der Waals surface area (Å²) in [6.45, 7) is 0.689. The molecule has 8 nitrogen and oxygen atoms in total. The van der Waals surface area contributed by atoms with Gasteiger partial charge in [0.15, 0.2) is 11.5 Å². The van der Waals surface area contributed by atoms with Crippen molar-refractivity contribution in [2.45, 2.75) is 11.1 Å². The normalized spacial score (nSPS) is 14.2. The standard InChI is InChI=1S/C27H27ClF3N3O5S/c1-38-24-11-9-20(17-25(24)39-2)32-12-14-33(15-13-32)26(35)18-34(40(36,37)21-6-4-3-5-7-21)23-16-19(27(29,30)31)8-10-22(23)28/h3-11,16-17H,12-15,18H2,1-2H3. The topological polar surface area (TPSA) is 79.4 Å². The number of rotatable bonds is 8. The lowest BCUT2D eigenvalue weighted by Crippen LogP contribution is -2.52. The van der Waals surface area contributed by atoms with E-state index in [-0.39, 0.29) is 23.0 Å². The molecule has 4 rings (SSSR count). The molecule has 0 aromatic heterocycles. The van der Waals surface area contributed by atoms with Gasteiger partial charge in [-0.25, -0.2) is 8.42 Å². The van der Waals surface area contributed by atoms with Gasteiger partial charge in [0.1, 0.15) is 6.54 Å². The van der Waals surface area contributed by atoms with Gasteiger partial charge in [-0.1, -0.05) is 29.8 Å². The van der Waals surface area contributed by atoms with Crippen LogP contribution in [0.15, 0.2) is 71.6 Å². The number of sulfonamides is 1. The smallest absolute Gasteiger partial charge is 0.416 e. The molecule has 1 aliphatic heterocycles. The van der Waals surface area contributed by atoms with Crippen molar-refractivity contribution in [3.8, 4) is 11.5 Å². The number of halogens is 4. The summed E-state index contributed by atoms with van der Waals surface area (Å²) in [5.74, 6) is 0.561. The van der Waals surface area contributed by atoms with Gasteiger partial charge in [-0.2, -0.15) is 13.2 Å². The second-order valence-corrected chi connectivity index (χ2v) is 11.2. The van der Waals surface area contributed by atoms with E-state index in [9.17, 15) is 26.4 Å². The third-order valence-electron chi connectivity index (χ3n) is 6.52. The maximum atomic E-state index is 13.6. The zero-order valence-corrected chi connectivity index (χ0v) is 23.3. The first-order chi connectivity index (χ1) is 19.0. The summed E-state index contributed by atoms with van der Waals surface area (Å²) in [6.07, 6.45) is -4.74. The Morgan fingerprint density at radius 2 is 1.57 bits per heavy atom. The Morgan fingerprint density at radius 1 is 0.925 bits per heavy atom. The number of methoxy groups -OCH3 is 2. The van der Waals surface area contributed by atoms with Crippen LogP contribution in [0.3, 0.4) is 0 Å². The van der Waals surface area contributed by atoms with Crippen molar-refractivity contribution in [1.82, 2.24) is 4.90 Å². The highest BCUT2D eigenvalue weighted by Gasteiger charge is 2.35. The third-order valence-corrected chi connectivity index (χ3v) is 8.61. The summed E-state index contributed by atoms with van der Waals surface area (Å²) in [5, 5.41) is -0.237. The second kappa shape index (κ2) is 11.8. The SMILES string of the molecule is COc1ccc(N2CCN(C(=O)CN(c3cc(C(F)(F)F)ccc3Cl)S(=O)(=O)c3ccccc3)CC2)cc1OC. The van der Waals surface area contributed by atoms with Crippen molar-refractivity contribution in [2.24, 2.45) is 0 Å². The van der Waals surface area contributed by atoms with Crippen LogP contribution < -0.4 is 18.7 Å². The molecule has 214 valence electrons. The maximum Gasteiger partial charge on any atom is 0.416 e. The molecule has 0 radical (unpaired) electrons. The second-order valence-electron chi connectivity index (χ2n) is 8.90. The van der Waals surface area contributed by atoms with Crippen LogP contribution >= 0.6 is 11.6 Å². The fraction of sp³-hybridized carbons (Fsp3) is 0.296. The van der Waals surface area contributed by atoms with Gasteiger partial charge in [-0.15, -0.1) is 0 Å². The number of anilines is 2. The quantitative estimate of drug-likeness (QED) is 0.367. The molecule has 0 unspecified atom stereocenters. The Labute approximate surface area is 235 Å². The van der Waals surface area contributed by atoms with E-state index < -0.39 is 39.9 Å². The van der Waals surface area contributed by atoms with Gasteiger partial charge in [0.25, 0.3) is 10.0 Å². The number of carbonyl (C=O) groups is 1. The van der Waals surface area contributed by atoms with Gasteiger partial charge in [-0.05, 0) is 42.5 Å². The van der Waals surface area contributed by atoms with Crippen LogP contribution in [-0.2, 0) is 21.0 Å². The lowest BCUT2D eigenvalue weighted by molar-refractivity contribution is -0.137. The molecule has 3 aromatic carbocycles. The highest BCUT2D eigenvalue weighted by molar-refractivity contribution is 7.92. The Morgan fingerprint density at radius 3 is 2.17 bits per heavy atom. The highest BCUT2D eigenvalue weighted by atomic mass is 35.5. The molecule has 1 heterocycles. The van der Waals surface area contributed by atoms with E-state index in [2.05, 4.69) is 0 Å². The van der Waals surface area contributed by atoms with Crippen LogP contribution in [0.25, 0.3) is 0 Å². The van der Waals surface area contributed by atoms with Crippen LogP contribution in [-0.4, -0.2) is 66.2 Å². The summed E-state index contributed by atoms with van der Waals surface area (Å²) in [6, 6.07) is 15.0. The largest absolute Gasteiger partial charge is 0.493 e. The summed E-state index contributed by atoms with van der Waals surface area (Å²) in [4.78, 5) is 16.7. The lowest BCUT2D eigenvalue weighted by Gasteiger charge is -2.37. The predicted octanol–water partition coefficient (Wildman–Crippen LogP) is 4.92. The summed E-state index contributed by atoms with van der Waals surface area (Å²) < 4.78 is 79.0. The molecule has 13 heteroatoms. The molecule has 0 spiro atoms. The number of nitrogens with zero attached hydrogens (tertiary/aromatic N) is 3. The van der Waals surface area contributed by atoms with Gasteiger partial charge in [0, 0.05) is 37.9 Å². The average molecular weight is 598 g/mol. The molecular formula is C27H27ClF3N3O5S. The van der Waals surface area contributed by atoms with Crippen molar-refractivity contribution < 1.29 is 35.9 Å². The molecule has 0 bridgehead atoms. The molecule has 1 amide bonds. The Kier molecular flexibility index (Phi) is 8.69. The van der Waals surface area contributed by atoms with Crippen molar-refractivity contribution in [3.05, 3.63) is 77.3 Å². The fourth-order valence-corrected chi connectivity index (χ4v) is 6.07. The molecule has 0 saturated carbocycles. The highest BCUT2D eigenvalue weighted by Crippen LogP contribution is 2.37. The van der Waals surface area contributed by atoms with Crippen molar-refractivity contribution >= 4 is 38.9 Å². The first-order valence-corrected chi connectivity index (χ1v) is 14.0. The van der Waals surface area contributed by atoms with Gasteiger partial charge in [0.05, 0.1) is 35.4 Å². The van der Waals surface area contributed by atoms with Crippen LogP contribution in [0.4, 0.5) is 24.5 Å². The Balaban J connectivity index is 1.58. The van der Waals surface area contributed by atoms with Crippen molar-refractivity contribution in [2.75, 3.05) is 56.1 Å². The third kappa shape index (κ3) is 6.23. The van der Waals surface area contributed by atoms with E-state index in [0.29, 0.717) is 35.0 Å². The molecule has 1 fully saturated rings. The maximum absolute atomic E-state index is 13.6. The first-order valence-electron chi connectivity index (χ1n) is 12.1. The van der Waals surface area contributed by atoms with Crippen LogP contribution in [0.2, 0.25) is 5.02 Å². The molecule has 0 N–H and O–H groups in total. The number of alkyl halides is 3. The number of ether oxygens (including phenoxy) is 2. The van der Waals surface area contributed by atoms with Crippen LogP contribution in [0.1, 0.15) is 5.56 Å². The monoisotopic (exact) mass is 597 g/mol. The van der Waals surface area contributed by atoms with Gasteiger partial charge in [-0.3, -0.25) is 9.10 Å². The summed E-state index contributed by atoms with van der Waals surface area (Å²) in [5.41, 5.74) is -0.664. The zero-order valence-electron chi connectivity index (χ0n) is 21.7. The van der Waals surface area contributed by atoms with E-state index in [1.807, 2.05) is 17.0 Å². The van der Waals surface area contributed by atoms with Crippen LogP contribution in [0, 0.1) is 0 Å². The Hall–Kier alpha value is -3.64. The molecule has 1 aliphatic rings. The minimum atomic E-state index is -4.74. The first kappa shape index (κ1) is 29.3. The molecule has 40 heavy (non-hydrogen) atoms. The van der Waals surface area contributed by atoms with E-state index >= 15 is 0 Å². The van der Waals surface area contributed by atoms with Crippen molar-refractivity contribution in [3.63, 3.8) is 0 Å². The summed E-state index contributed by atoms with van der Waals surface area (Å²) in [7, 11) is -1.37. The number of hydrogen-bond acceptors (Lipinski definition) is 6. The lowest BCUT2D eigenvalue weighted by atomic mass is 10.2. The molecule has 0 aliphatic carbocycles. The summed E-state index contributed by atoms with van der Waals surface area (Å²) >= 11 is 6.21. The minimum absolute atomic E-state index is 0.186. The van der Waals surface area contributed by atoms with Crippen molar-refractivity contribution in [1.29, 1.82) is 0 Å². The van der Waals surface area contributed by atoms with Gasteiger partial charge in [0.2, 0.25) is 5.91 Å². The number of benzene rings is 3. The number of piperazine rings is 1. The molecular weight excluding hydrogens is 571 g/mol. The molecule has 1 saturated heterocycles. The fourth-order valence-electron chi connectivity index (χ4n) is 4.36. The van der Waals surface area contributed by atoms with E-state index in [0.717, 1.165) is 17.8 Å². The predicted molar refractivity (Wildman–Crippen MR) is 146 cm³/mol. The average Bonchev–Trinajstić information content (AvgIpc) is 2.95. The van der Waals surface area contributed by atoms with E-state index in [4.69, 9.17) is 21.1 Å². The minimum Gasteiger partial charge on any atom is -0.493 e. The van der Waals surface area contributed by atoms with E-state index in [1.54, 1.807) is 12.1 Å². The zero-order chi connectivity index (χ0) is 29.1. The number of hydrogen-bond donors (Lipinski definition) is 0. The van der Waals surface area contributed by atoms with Crippen LogP contribution in [0.5, 0.6) is 11.5 Å². The Bertz CT molecular complexity index is 1460. The van der Waals surface area contributed by atoms with E-state index in [1.165, 1.54) is 43.4 Å². The van der Waals surface area contributed by atoms with Gasteiger partial charge >= 0.3 is 6.18 Å². The molecule has 3 aromatic rings. The van der Waals surface area contributed by atoms with Gasteiger partial charge < -0.3 is 19.3 Å².